The third kappa shape index (κ3) is 1.71. The van der Waals surface area contributed by atoms with E-state index in [0.717, 1.165) is 13.0 Å². The van der Waals surface area contributed by atoms with Crippen LogP contribution >= 0.6 is 0 Å². The molecule has 2 fully saturated rings. The first kappa shape index (κ1) is 10.7. The summed E-state index contributed by atoms with van der Waals surface area (Å²) in [6.45, 7) is 9.14. The van der Waals surface area contributed by atoms with Gasteiger partial charge < -0.3 is 15.4 Å². The van der Waals surface area contributed by atoms with Gasteiger partial charge in [-0.25, -0.2) is 4.79 Å². The molecule has 2 atom stereocenters. The van der Waals surface area contributed by atoms with Crippen LogP contribution in [0, 0.1) is 5.41 Å². The first-order valence-corrected chi connectivity index (χ1v) is 5.42. The molecule has 1 heterocycles. The second kappa shape index (κ2) is 2.67. The largest absolute Gasteiger partial charge is 0.444 e. The highest BCUT2D eigenvalue weighted by molar-refractivity contribution is 5.69. The van der Waals surface area contributed by atoms with Crippen molar-refractivity contribution in [3.8, 4) is 0 Å². The number of hydrogen-bond acceptors (Lipinski definition) is 3. The van der Waals surface area contributed by atoms with Gasteiger partial charge in [0.15, 0.2) is 0 Å². The predicted molar refractivity (Wildman–Crippen MR) is 57.4 cm³/mol. The van der Waals surface area contributed by atoms with Gasteiger partial charge in [0.05, 0.1) is 0 Å². The summed E-state index contributed by atoms with van der Waals surface area (Å²) in [5.41, 5.74) is 5.68. The van der Waals surface area contributed by atoms with Crippen LogP contribution in [0.25, 0.3) is 0 Å². The summed E-state index contributed by atoms with van der Waals surface area (Å²) in [4.78, 5) is 13.5. The molecule has 0 aromatic heterocycles. The molecular weight excluding hydrogens is 192 g/mol. The van der Waals surface area contributed by atoms with Gasteiger partial charge in [0, 0.05) is 24.0 Å². The molecule has 0 radical (unpaired) electrons. The summed E-state index contributed by atoms with van der Waals surface area (Å²) in [7, 11) is 0. The van der Waals surface area contributed by atoms with E-state index in [1.54, 1.807) is 4.90 Å². The summed E-state index contributed by atoms with van der Waals surface area (Å²) in [6.07, 6.45) is 0.792. The maximum Gasteiger partial charge on any atom is 0.410 e. The van der Waals surface area contributed by atoms with Crippen LogP contribution in [-0.2, 0) is 4.74 Å². The molecule has 2 aliphatic rings. The van der Waals surface area contributed by atoms with Crippen LogP contribution in [0.4, 0.5) is 4.79 Å². The molecule has 4 nitrogen and oxygen atoms in total. The number of carbonyl (C=O) groups is 1. The highest BCUT2D eigenvalue weighted by Crippen LogP contribution is 2.59. The highest BCUT2D eigenvalue weighted by Gasteiger charge is 2.68. The number of fused-ring (bicyclic) bond motifs is 1. The van der Waals surface area contributed by atoms with Crippen molar-refractivity contribution in [2.24, 2.45) is 11.1 Å². The predicted octanol–water partition coefficient (Wildman–Crippen LogP) is 1.34. The number of hydrogen-bond donors (Lipinski definition) is 1. The average Bonchev–Trinajstić information content (AvgIpc) is 2.38. The lowest BCUT2D eigenvalue weighted by atomic mass is 10.1. The Hall–Kier alpha value is -0.770. The molecule has 1 amide bonds. The number of piperidine rings is 1. The van der Waals surface area contributed by atoms with E-state index in [0.29, 0.717) is 6.54 Å². The molecule has 2 rings (SSSR count). The average molecular weight is 212 g/mol. The van der Waals surface area contributed by atoms with Crippen molar-refractivity contribution in [1.29, 1.82) is 0 Å². The molecule has 4 heteroatoms. The zero-order valence-corrected chi connectivity index (χ0v) is 9.96. The monoisotopic (exact) mass is 212 g/mol. The molecule has 86 valence electrons. The van der Waals surface area contributed by atoms with E-state index in [-0.39, 0.29) is 17.0 Å². The van der Waals surface area contributed by atoms with Crippen molar-refractivity contribution >= 4 is 6.09 Å². The molecule has 1 saturated carbocycles. The minimum atomic E-state index is -0.424. The fraction of sp³-hybridized carbons (Fsp3) is 0.909. The Labute approximate surface area is 90.8 Å². The van der Waals surface area contributed by atoms with E-state index >= 15 is 0 Å². The summed E-state index contributed by atoms with van der Waals surface area (Å²) < 4.78 is 5.31. The molecule has 15 heavy (non-hydrogen) atoms. The normalized spacial score (nSPS) is 38.9. The summed E-state index contributed by atoms with van der Waals surface area (Å²) in [5.74, 6) is 0. The third-order valence-corrected chi connectivity index (χ3v) is 3.45. The van der Waals surface area contributed by atoms with Crippen LogP contribution in [0.3, 0.4) is 0 Å². The van der Waals surface area contributed by atoms with Crippen molar-refractivity contribution in [2.45, 2.75) is 45.3 Å². The van der Waals surface area contributed by atoms with Gasteiger partial charge in [0.25, 0.3) is 0 Å². The molecule has 2 N–H and O–H groups in total. The maximum atomic E-state index is 11.8. The van der Waals surface area contributed by atoms with Gasteiger partial charge in [0.1, 0.15) is 5.60 Å². The number of nitrogens with two attached hydrogens (primary N) is 1. The topological polar surface area (TPSA) is 55.6 Å². The van der Waals surface area contributed by atoms with E-state index in [9.17, 15) is 4.79 Å². The van der Waals surface area contributed by atoms with Gasteiger partial charge >= 0.3 is 6.09 Å². The lowest BCUT2D eigenvalue weighted by Crippen LogP contribution is -2.40. The summed E-state index contributed by atoms with van der Waals surface area (Å²) >= 11 is 0. The molecule has 1 saturated heterocycles. The first-order chi connectivity index (χ1) is 6.65. The van der Waals surface area contributed by atoms with Crippen molar-refractivity contribution < 1.29 is 9.53 Å². The van der Waals surface area contributed by atoms with Gasteiger partial charge in [-0.3, -0.25) is 0 Å². The second-order valence-corrected chi connectivity index (χ2v) is 6.23. The molecule has 0 unspecified atom stereocenters. The molecule has 0 aromatic carbocycles. The summed E-state index contributed by atoms with van der Waals surface area (Å²) in [5, 5.41) is 0. The van der Waals surface area contributed by atoms with Crippen LogP contribution in [0.5, 0.6) is 0 Å². The first-order valence-electron chi connectivity index (χ1n) is 5.42. The Morgan fingerprint density at radius 1 is 1.40 bits per heavy atom. The van der Waals surface area contributed by atoms with Gasteiger partial charge in [-0.15, -0.1) is 0 Å². The fourth-order valence-corrected chi connectivity index (χ4v) is 2.39. The molecule has 1 aliphatic carbocycles. The number of carbonyl (C=O) groups excluding carboxylic acids is 1. The smallest absolute Gasteiger partial charge is 0.410 e. The Balaban J connectivity index is 1.96. The Morgan fingerprint density at radius 2 is 2.00 bits per heavy atom. The lowest BCUT2D eigenvalue weighted by Gasteiger charge is -2.26. The Bertz CT molecular complexity index is 294. The van der Waals surface area contributed by atoms with Crippen molar-refractivity contribution in [3.63, 3.8) is 0 Å². The van der Waals surface area contributed by atoms with E-state index < -0.39 is 5.60 Å². The van der Waals surface area contributed by atoms with Crippen molar-refractivity contribution in [3.05, 3.63) is 0 Å². The van der Waals surface area contributed by atoms with Gasteiger partial charge in [-0.1, -0.05) is 6.92 Å². The third-order valence-electron chi connectivity index (χ3n) is 3.45. The van der Waals surface area contributed by atoms with Gasteiger partial charge in [0.2, 0.25) is 0 Å². The standard InChI is InChI=1S/C11H20N2O2/c1-9(2,3)15-8(14)13-6-10(4)5-11(10,12)7-13/h5-7,12H2,1-4H3/t10-,11+/m1/s1. The Morgan fingerprint density at radius 3 is 2.40 bits per heavy atom. The Kier molecular flexibility index (Phi) is 1.91. The maximum absolute atomic E-state index is 11.8. The SMILES string of the molecule is CC(C)(C)OC(=O)N1C[C@@]2(C)C[C@]2(N)C1. The van der Waals surface area contributed by atoms with Gasteiger partial charge in [-0.2, -0.15) is 0 Å². The zero-order valence-electron chi connectivity index (χ0n) is 9.96. The van der Waals surface area contributed by atoms with E-state index in [4.69, 9.17) is 10.5 Å². The second-order valence-electron chi connectivity index (χ2n) is 6.23. The van der Waals surface area contributed by atoms with Crippen LogP contribution in [0.2, 0.25) is 0 Å². The highest BCUT2D eigenvalue weighted by atomic mass is 16.6. The zero-order chi connectivity index (χ0) is 11.5. The van der Waals surface area contributed by atoms with Crippen LogP contribution in [0.15, 0.2) is 0 Å². The quantitative estimate of drug-likeness (QED) is 0.659. The van der Waals surface area contributed by atoms with Crippen LogP contribution < -0.4 is 5.73 Å². The number of ether oxygens (including phenoxy) is 1. The molecule has 1 aliphatic heterocycles. The number of nitrogens with zero attached hydrogens (tertiary/aromatic N) is 1. The minimum absolute atomic E-state index is 0.129. The number of rotatable bonds is 0. The molecule has 0 spiro atoms. The van der Waals surface area contributed by atoms with Crippen molar-refractivity contribution in [2.75, 3.05) is 13.1 Å². The molecule has 0 bridgehead atoms. The van der Waals surface area contributed by atoms with Gasteiger partial charge in [-0.05, 0) is 27.2 Å². The van der Waals surface area contributed by atoms with Crippen LogP contribution in [-0.4, -0.2) is 35.2 Å². The fourth-order valence-electron chi connectivity index (χ4n) is 2.39. The molecular formula is C11H20N2O2. The number of likely N-dealkylation sites (tertiary alicyclic amines) is 1. The van der Waals surface area contributed by atoms with E-state index in [2.05, 4.69) is 6.92 Å². The van der Waals surface area contributed by atoms with E-state index in [1.807, 2.05) is 20.8 Å². The van der Waals surface area contributed by atoms with Crippen LogP contribution in [0.1, 0.15) is 34.1 Å². The minimum Gasteiger partial charge on any atom is -0.444 e. The summed E-state index contributed by atoms with van der Waals surface area (Å²) in [6, 6.07) is 0. The van der Waals surface area contributed by atoms with Crippen molar-refractivity contribution in [1.82, 2.24) is 4.90 Å². The molecule has 0 aromatic rings. The lowest BCUT2D eigenvalue weighted by molar-refractivity contribution is 0.0261. The number of amides is 1. The van der Waals surface area contributed by atoms with E-state index in [1.165, 1.54) is 0 Å².